The average Bonchev–Trinajstić information content (AvgIpc) is 2.98. The molecule has 1 N–H and O–H groups in total. The van der Waals surface area contributed by atoms with Crippen LogP contribution in [0.3, 0.4) is 0 Å². The molecule has 0 aromatic carbocycles. The largest absolute Gasteiger partial charge is 0.344 e. The number of carbonyl (C=O) groups excluding carboxylic acids is 2. The maximum Gasteiger partial charge on any atom is 0.272 e. The topological polar surface area (TPSA) is 70.5 Å². The van der Waals surface area contributed by atoms with E-state index in [9.17, 15) is 9.59 Å². The second kappa shape index (κ2) is 6.31. The maximum absolute atomic E-state index is 12.4. The highest BCUT2D eigenvalue weighted by Crippen LogP contribution is 2.16. The van der Waals surface area contributed by atoms with Gasteiger partial charge < -0.3 is 10.2 Å². The average molecular weight is 319 g/mol. The third-order valence-corrected chi connectivity index (χ3v) is 4.74. The normalized spacial score (nSPS) is 22.3. The molecule has 0 radical (unpaired) electrons. The monoisotopic (exact) mass is 319 g/mol. The summed E-state index contributed by atoms with van der Waals surface area (Å²) in [5.41, 5.74) is 1.48. The second-order valence-corrected chi connectivity index (χ2v) is 6.74. The first-order chi connectivity index (χ1) is 11.0. The molecule has 0 unspecified atom stereocenters. The standard InChI is InChI=1S/C16H25N5O2/c1-11(2)20-6-4-7-21-12(10-20)9-14(18-21)15(22)17-13-5-8-19(3)16(13)23/h9,11,13H,4-8,10H2,1-3H3,(H,17,22)/t13-/m0/s1. The number of fused-ring (bicyclic) bond motifs is 1. The summed E-state index contributed by atoms with van der Waals surface area (Å²) in [4.78, 5) is 28.3. The molecule has 126 valence electrons. The molecule has 2 aliphatic rings. The van der Waals surface area contributed by atoms with Crippen molar-refractivity contribution in [2.75, 3.05) is 20.1 Å². The number of likely N-dealkylation sites (tertiary alicyclic amines) is 1. The van der Waals surface area contributed by atoms with Gasteiger partial charge in [-0.3, -0.25) is 19.2 Å². The molecule has 0 aliphatic carbocycles. The van der Waals surface area contributed by atoms with Crippen LogP contribution in [0.25, 0.3) is 0 Å². The number of aromatic nitrogens is 2. The van der Waals surface area contributed by atoms with E-state index < -0.39 is 6.04 Å². The molecule has 3 heterocycles. The number of amides is 2. The van der Waals surface area contributed by atoms with Gasteiger partial charge in [0, 0.05) is 39.3 Å². The quantitative estimate of drug-likeness (QED) is 0.878. The van der Waals surface area contributed by atoms with Crippen molar-refractivity contribution in [2.45, 2.75) is 51.9 Å². The zero-order valence-corrected chi connectivity index (χ0v) is 14.1. The summed E-state index contributed by atoms with van der Waals surface area (Å²) in [6.07, 6.45) is 1.69. The zero-order chi connectivity index (χ0) is 16.6. The Morgan fingerprint density at radius 2 is 2.13 bits per heavy atom. The first kappa shape index (κ1) is 16.0. The van der Waals surface area contributed by atoms with Gasteiger partial charge in [0.25, 0.3) is 5.91 Å². The van der Waals surface area contributed by atoms with E-state index in [2.05, 4.69) is 29.2 Å². The number of nitrogens with one attached hydrogen (secondary N) is 1. The Labute approximate surface area is 136 Å². The Kier molecular flexibility index (Phi) is 4.39. The highest BCUT2D eigenvalue weighted by Gasteiger charge is 2.31. The summed E-state index contributed by atoms with van der Waals surface area (Å²) in [6.45, 7) is 7.74. The minimum atomic E-state index is -0.416. The lowest BCUT2D eigenvalue weighted by Gasteiger charge is -2.23. The summed E-state index contributed by atoms with van der Waals surface area (Å²) in [7, 11) is 1.76. The molecule has 23 heavy (non-hydrogen) atoms. The van der Waals surface area contributed by atoms with Gasteiger partial charge in [0.2, 0.25) is 5.91 Å². The molecule has 1 fully saturated rings. The minimum absolute atomic E-state index is 0.0231. The fourth-order valence-electron chi connectivity index (χ4n) is 3.23. The van der Waals surface area contributed by atoms with Crippen LogP contribution in [-0.4, -0.2) is 63.6 Å². The molecule has 2 aliphatic heterocycles. The van der Waals surface area contributed by atoms with Gasteiger partial charge in [-0.05, 0) is 32.8 Å². The van der Waals surface area contributed by atoms with E-state index >= 15 is 0 Å². The molecule has 7 nitrogen and oxygen atoms in total. The first-order valence-corrected chi connectivity index (χ1v) is 8.32. The number of nitrogens with zero attached hydrogens (tertiary/aromatic N) is 4. The lowest BCUT2D eigenvalue weighted by molar-refractivity contribution is -0.128. The highest BCUT2D eigenvalue weighted by molar-refractivity contribution is 5.96. The lowest BCUT2D eigenvalue weighted by Crippen LogP contribution is -2.40. The Morgan fingerprint density at radius 1 is 1.35 bits per heavy atom. The van der Waals surface area contributed by atoms with Crippen molar-refractivity contribution in [3.8, 4) is 0 Å². The molecular formula is C16H25N5O2. The lowest BCUT2D eigenvalue weighted by atomic mass is 10.2. The van der Waals surface area contributed by atoms with Crippen LogP contribution >= 0.6 is 0 Å². The Balaban J connectivity index is 1.71. The van der Waals surface area contributed by atoms with E-state index in [-0.39, 0.29) is 11.8 Å². The molecule has 1 aromatic heterocycles. The van der Waals surface area contributed by atoms with Gasteiger partial charge in [-0.15, -0.1) is 0 Å². The number of hydrogen-bond donors (Lipinski definition) is 1. The van der Waals surface area contributed by atoms with Crippen LogP contribution < -0.4 is 5.32 Å². The molecule has 0 bridgehead atoms. The number of hydrogen-bond acceptors (Lipinski definition) is 4. The first-order valence-electron chi connectivity index (χ1n) is 8.32. The van der Waals surface area contributed by atoms with Crippen LogP contribution in [0.5, 0.6) is 0 Å². The summed E-state index contributed by atoms with van der Waals surface area (Å²) in [5, 5.41) is 7.26. The van der Waals surface area contributed by atoms with Crippen molar-refractivity contribution in [3.05, 3.63) is 17.5 Å². The third kappa shape index (κ3) is 3.24. The second-order valence-electron chi connectivity index (χ2n) is 6.74. The molecule has 0 saturated carbocycles. The molecular weight excluding hydrogens is 294 g/mol. The van der Waals surface area contributed by atoms with Crippen molar-refractivity contribution in [1.82, 2.24) is 24.9 Å². The number of rotatable bonds is 3. The van der Waals surface area contributed by atoms with E-state index in [0.717, 1.165) is 31.7 Å². The molecule has 1 atom stereocenters. The van der Waals surface area contributed by atoms with Gasteiger partial charge in [-0.1, -0.05) is 0 Å². The fourth-order valence-corrected chi connectivity index (χ4v) is 3.23. The van der Waals surface area contributed by atoms with E-state index in [1.54, 1.807) is 11.9 Å². The van der Waals surface area contributed by atoms with E-state index in [0.29, 0.717) is 24.7 Å². The SMILES string of the molecule is CC(C)N1CCCn2nc(C(=O)N[C@H]3CCN(C)C3=O)cc2C1. The van der Waals surface area contributed by atoms with Gasteiger partial charge >= 0.3 is 0 Å². The smallest absolute Gasteiger partial charge is 0.272 e. The predicted octanol–water partition coefficient (Wildman–Crippen LogP) is 0.458. The van der Waals surface area contributed by atoms with Crippen LogP contribution in [0.2, 0.25) is 0 Å². The van der Waals surface area contributed by atoms with Gasteiger partial charge in [0.15, 0.2) is 5.69 Å². The van der Waals surface area contributed by atoms with Crippen LogP contribution in [0, 0.1) is 0 Å². The maximum atomic E-state index is 12.4. The van der Waals surface area contributed by atoms with Crippen molar-refractivity contribution in [2.24, 2.45) is 0 Å². The summed E-state index contributed by atoms with van der Waals surface area (Å²) >= 11 is 0. The van der Waals surface area contributed by atoms with Crippen molar-refractivity contribution < 1.29 is 9.59 Å². The van der Waals surface area contributed by atoms with Crippen LogP contribution in [0.1, 0.15) is 42.9 Å². The predicted molar refractivity (Wildman–Crippen MR) is 85.9 cm³/mol. The zero-order valence-electron chi connectivity index (χ0n) is 14.1. The molecule has 0 spiro atoms. The fraction of sp³-hybridized carbons (Fsp3) is 0.688. The number of carbonyl (C=O) groups is 2. The van der Waals surface area contributed by atoms with Crippen LogP contribution in [0.15, 0.2) is 6.07 Å². The van der Waals surface area contributed by atoms with E-state index in [4.69, 9.17) is 0 Å². The number of likely N-dealkylation sites (N-methyl/N-ethyl adjacent to an activating group) is 1. The Hall–Kier alpha value is -1.89. The molecule has 1 aromatic rings. The number of aryl methyl sites for hydroxylation is 1. The van der Waals surface area contributed by atoms with Gasteiger partial charge in [0.1, 0.15) is 6.04 Å². The highest BCUT2D eigenvalue weighted by atomic mass is 16.2. The van der Waals surface area contributed by atoms with Crippen LogP contribution in [0.4, 0.5) is 0 Å². The van der Waals surface area contributed by atoms with Gasteiger partial charge in [0.05, 0.1) is 5.69 Å². The summed E-state index contributed by atoms with van der Waals surface area (Å²) < 4.78 is 1.93. The Bertz CT molecular complexity index is 610. The van der Waals surface area contributed by atoms with Crippen molar-refractivity contribution in [1.29, 1.82) is 0 Å². The van der Waals surface area contributed by atoms with E-state index in [1.807, 2.05) is 10.7 Å². The van der Waals surface area contributed by atoms with Crippen LogP contribution in [-0.2, 0) is 17.9 Å². The molecule has 1 saturated heterocycles. The molecule has 2 amide bonds. The van der Waals surface area contributed by atoms with E-state index in [1.165, 1.54) is 0 Å². The summed E-state index contributed by atoms with van der Waals surface area (Å²) in [6, 6.07) is 1.92. The molecule has 7 heteroatoms. The van der Waals surface area contributed by atoms with Gasteiger partial charge in [-0.25, -0.2) is 0 Å². The van der Waals surface area contributed by atoms with Gasteiger partial charge in [-0.2, -0.15) is 5.10 Å². The summed E-state index contributed by atoms with van der Waals surface area (Å²) in [5.74, 6) is -0.277. The van der Waals surface area contributed by atoms with Crippen molar-refractivity contribution >= 4 is 11.8 Å². The van der Waals surface area contributed by atoms with Crippen molar-refractivity contribution in [3.63, 3.8) is 0 Å². The minimum Gasteiger partial charge on any atom is -0.344 e. The molecule has 3 rings (SSSR count). The third-order valence-electron chi connectivity index (χ3n) is 4.74. The Morgan fingerprint density at radius 3 is 2.78 bits per heavy atom.